The van der Waals surface area contributed by atoms with E-state index in [0.29, 0.717) is 11.0 Å². The number of benzene rings is 1. The molecule has 166 valence electrons. The predicted octanol–water partition coefficient (Wildman–Crippen LogP) is 2.77. The van der Waals surface area contributed by atoms with Gasteiger partial charge in [-0.25, -0.2) is 14.4 Å². The molecule has 9 nitrogen and oxygen atoms in total. The number of carbonyl (C=O) groups excluding carboxylic acids is 3. The molecule has 32 heavy (non-hydrogen) atoms. The Morgan fingerprint density at radius 1 is 1.06 bits per heavy atom. The molecule has 4 rings (SSSR count). The highest BCUT2D eigenvalue weighted by atomic mass is 16.6. The number of hydrogen-bond donors (Lipinski definition) is 0. The number of nitrogens with zero attached hydrogens (tertiary/aromatic N) is 1. The number of amides is 1. The number of ether oxygens (including phenoxy) is 2. The molecule has 0 spiro atoms. The summed E-state index contributed by atoms with van der Waals surface area (Å²) in [7, 11) is 0. The lowest BCUT2D eigenvalue weighted by Gasteiger charge is -2.36. The summed E-state index contributed by atoms with van der Waals surface area (Å²) in [4.78, 5) is 52.7. The zero-order chi connectivity index (χ0) is 22.9. The highest BCUT2D eigenvalue weighted by Gasteiger charge is 2.67. The van der Waals surface area contributed by atoms with E-state index in [0.717, 1.165) is 4.90 Å². The first-order chi connectivity index (χ1) is 15.4. The fraction of sp³-hybridized carbons (Fsp3) is 0.304. The maximum atomic E-state index is 13.4. The van der Waals surface area contributed by atoms with Gasteiger partial charge in [-0.3, -0.25) is 9.69 Å². The molecule has 1 unspecified atom stereocenters. The Morgan fingerprint density at radius 3 is 2.41 bits per heavy atom. The molecule has 3 heterocycles. The number of anilines is 1. The first kappa shape index (κ1) is 21.4. The van der Waals surface area contributed by atoms with Crippen molar-refractivity contribution in [3.63, 3.8) is 0 Å². The highest BCUT2D eigenvalue weighted by molar-refractivity contribution is 6.20. The zero-order valence-electron chi connectivity index (χ0n) is 17.5. The van der Waals surface area contributed by atoms with Crippen molar-refractivity contribution in [1.82, 2.24) is 0 Å². The number of furan rings is 1. The van der Waals surface area contributed by atoms with Crippen LogP contribution < -0.4 is 10.5 Å². The molecular weight excluding hydrogens is 418 g/mol. The largest absolute Gasteiger partial charge is 0.469 e. The van der Waals surface area contributed by atoms with Crippen LogP contribution in [0.1, 0.15) is 31.9 Å². The second-order valence-electron chi connectivity index (χ2n) is 7.19. The van der Waals surface area contributed by atoms with Crippen LogP contribution in [0.2, 0.25) is 0 Å². The molecule has 9 heteroatoms. The number of carbonyl (C=O) groups is 3. The summed E-state index contributed by atoms with van der Waals surface area (Å²) in [5.74, 6) is -2.98. The molecule has 3 aromatic rings. The van der Waals surface area contributed by atoms with Gasteiger partial charge in [0.2, 0.25) is 5.91 Å². The fourth-order valence-electron chi connectivity index (χ4n) is 4.14. The van der Waals surface area contributed by atoms with Crippen LogP contribution in [0.15, 0.2) is 62.4 Å². The summed E-state index contributed by atoms with van der Waals surface area (Å²) in [6, 6.07) is 10.6. The summed E-state index contributed by atoms with van der Waals surface area (Å²) in [6.07, 6.45) is 1.23. The van der Waals surface area contributed by atoms with Gasteiger partial charge in [0.15, 0.2) is 0 Å². The number of esters is 2. The van der Waals surface area contributed by atoms with Crippen molar-refractivity contribution in [1.29, 1.82) is 0 Å². The Balaban J connectivity index is 1.96. The van der Waals surface area contributed by atoms with Gasteiger partial charge in [0, 0.05) is 23.6 Å². The smallest absolute Gasteiger partial charge is 0.345 e. The molecule has 0 aliphatic carbocycles. The summed E-state index contributed by atoms with van der Waals surface area (Å²) in [6.45, 7) is 3.21. The SMILES string of the molecule is CCOC(=O)C1(C(=O)OCC)C(c2ccco2)CC(=O)N1c1ccc2oc(=O)ccc2c1. The normalized spacial score (nSPS) is 17.5. The molecule has 0 N–H and O–H groups in total. The van der Waals surface area contributed by atoms with Gasteiger partial charge in [-0.15, -0.1) is 0 Å². The van der Waals surface area contributed by atoms with E-state index in [1.165, 1.54) is 30.5 Å². The van der Waals surface area contributed by atoms with Crippen molar-refractivity contribution in [3.05, 3.63) is 64.9 Å². The van der Waals surface area contributed by atoms with Crippen molar-refractivity contribution in [3.8, 4) is 0 Å². The Bertz CT molecular complexity index is 1210. The maximum absolute atomic E-state index is 13.4. The first-order valence-electron chi connectivity index (χ1n) is 10.2. The first-order valence-corrected chi connectivity index (χ1v) is 10.2. The second-order valence-corrected chi connectivity index (χ2v) is 7.19. The molecular formula is C23H21NO8. The Kier molecular flexibility index (Phi) is 5.56. The molecule has 1 saturated heterocycles. The minimum absolute atomic E-state index is 0.00420. The van der Waals surface area contributed by atoms with Crippen molar-refractivity contribution >= 4 is 34.5 Å². The van der Waals surface area contributed by atoms with Gasteiger partial charge in [0.1, 0.15) is 11.3 Å². The van der Waals surface area contributed by atoms with Crippen LogP contribution in [0.5, 0.6) is 0 Å². The van der Waals surface area contributed by atoms with Gasteiger partial charge < -0.3 is 18.3 Å². The van der Waals surface area contributed by atoms with E-state index in [4.69, 9.17) is 18.3 Å². The maximum Gasteiger partial charge on any atom is 0.345 e. The minimum Gasteiger partial charge on any atom is -0.469 e. The Labute approximate surface area is 182 Å². The molecule has 1 aliphatic rings. The number of rotatable bonds is 6. The summed E-state index contributed by atoms with van der Waals surface area (Å²) < 4.78 is 21.2. The van der Waals surface area contributed by atoms with Crippen LogP contribution in [0.3, 0.4) is 0 Å². The lowest BCUT2D eigenvalue weighted by atomic mass is 9.82. The van der Waals surface area contributed by atoms with Crippen LogP contribution in [-0.2, 0) is 23.9 Å². The molecule has 1 amide bonds. The van der Waals surface area contributed by atoms with Gasteiger partial charge in [0.25, 0.3) is 5.54 Å². The van der Waals surface area contributed by atoms with Crippen molar-refractivity contribution in [2.24, 2.45) is 0 Å². The van der Waals surface area contributed by atoms with E-state index in [2.05, 4.69) is 0 Å². The third kappa shape index (κ3) is 3.26. The van der Waals surface area contributed by atoms with E-state index in [9.17, 15) is 19.2 Å². The fourth-order valence-corrected chi connectivity index (χ4v) is 4.14. The Hall–Kier alpha value is -3.88. The van der Waals surface area contributed by atoms with Crippen LogP contribution in [0.25, 0.3) is 11.0 Å². The van der Waals surface area contributed by atoms with E-state index >= 15 is 0 Å². The molecule has 1 atom stereocenters. The molecule has 2 aromatic heterocycles. The Morgan fingerprint density at radius 2 is 1.78 bits per heavy atom. The quantitative estimate of drug-likeness (QED) is 0.327. The number of hydrogen-bond acceptors (Lipinski definition) is 8. The van der Waals surface area contributed by atoms with Crippen LogP contribution in [0.4, 0.5) is 5.69 Å². The zero-order valence-corrected chi connectivity index (χ0v) is 17.5. The summed E-state index contributed by atoms with van der Waals surface area (Å²) in [5.41, 5.74) is -2.09. The molecule has 1 fully saturated rings. The number of fused-ring (bicyclic) bond motifs is 1. The van der Waals surface area contributed by atoms with Gasteiger partial charge in [0.05, 0.1) is 25.4 Å². The molecule has 0 bridgehead atoms. The lowest BCUT2D eigenvalue weighted by molar-refractivity contribution is -0.165. The van der Waals surface area contributed by atoms with Gasteiger partial charge in [-0.2, -0.15) is 0 Å². The van der Waals surface area contributed by atoms with Crippen molar-refractivity contribution in [2.45, 2.75) is 31.7 Å². The van der Waals surface area contributed by atoms with Crippen LogP contribution >= 0.6 is 0 Å². The lowest BCUT2D eigenvalue weighted by Crippen LogP contribution is -2.62. The van der Waals surface area contributed by atoms with E-state index < -0.39 is 34.9 Å². The van der Waals surface area contributed by atoms with Crippen molar-refractivity contribution < 1.29 is 32.7 Å². The van der Waals surface area contributed by atoms with Gasteiger partial charge in [-0.1, -0.05) is 0 Å². The minimum atomic E-state index is -2.12. The van der Waals surface area contributed by atoms with E-state index in [-0.39, 0.29) is 31.1 Å². The third-order valence-corrected chi connectivity index (χ3v) is 5.41. The van der Waals surface area contributed by atoms with E-state index in [1.807, 2.05) is 0 Å². The van der Waals surface area contributed by atoms with Crippen molar-refractivity contribution in [2.75, 3.05) is 18.1 Å². The van der Waals surface area contributed by atoms with Gasteiger partial charge in [-0.05, 0) is 50.2 Å². The van der Waals surface area contributed by atoms with Crippen LogP contribution in [0, 0.1) is 0 Å². The average Bonchev–Trinajstić information content (AvgIpc) is 3.40. The summed E-state index contributed by atoms with van der Waals surface area (Å²) in [5, 5.41) is 0.512. The third-order valence-electron chi connectivity index (χ3n) is 5.41. The topological polar surface area (TPSA) is 116 Å². The molecule has 1 aliphatic heterocycles. The molecule has 0 saturated carbocycles. The summed E-state index contributed by atoms with van der Waals surface area (Å²) >= 11 is 0. The molecule has 0 radical (unpaired) electrons. The van der Waals surface area contributed by atoms with Gasteiger partial charge >= 0.3 is 17.6 Å². The highest BCUT2D eigenvalue weighted by Crippen LogP contribution is 2.47. The predicted molar refractivity (Wildman–Crippen MR) is 112 cm³/mol. The van der Waals surface area contributed by atoms with Crippen LogP contribution in [-0.4, -0.2) is 36.6 Å². The second kappa shape index (κ2) is 8.33. The monoisotopic (exact) mass is 439 g/mol. The van der Waals surface area contributed by atoms with E-state index in [1.54, 1.807) is 32.0 Å². The standard InChI is InChI=1S/C23H21NO8/c1-3-29-21(27)23(22(28)30-4-2)16(18-6-5-11-31-18)13-19(25)24(23)15-8-9-17-14(12-15)7-10-20(26)32-17/h5-12,16H,3-4,13H2,1-2H3. The average molecular weight is 439 g/mol. The molecule has 1 aromatic carbocycles.